The Kier molecular flexibility index (Phi) is 4.35. The van der Waals surface area contributed by atoms with Gasteiger partial charge in [0.2, 0.25) is 0 Å². The van der Waals surface area contributed by atoms with Gasteiger partial charge in [0.15, 0.2) is 17.0 Å². The molecule has 32 heavy (non-hydrogen) atoms. The Labute approximate surface area is 183 Å². The average Bonchev–Trinajstić information content (AvgIpc) is 3.27. The molecular formula is C24H18N8. The molecule has 8 heteroatoms. The van der Waals surface area contributed by atoms with Gasteiger partial charge < -0.3 is 14.9 Å². The van der Waals surface area contributed by atoms with Crippen molar-refractivity contribution in [2.45, 2.75) is 13.5 Å². The van der Waals surface area contributed by atoms with Crippen LogP contribution in [0.2, 0.25) is 0 Å². The van der Waals surface area contributed by atoms with Crippen molar-refractivity contribution in [3.8, 4) is 23.5 Å². The maximum absolute atomic E-state index is 9.51. The molecule has 0 saturated heterocycles. The van der Waals surface area contributed by atoms with Gasteiger partial charge in [-0.15, -0.1) is 0 Å². The second-order valence-electron chi connectivity index (χ2n) is 7.63. The number of aryl methyl sites for hydroxylation is 2. The van der Waals surface area contributed by atoms with E-state index in [0.29, 0.717) is 34.9 Å². The maximum atomic E-state index is 9.51. The summed E-state index contributed by atoms with van der Waals surface area (Å²) in [6, 6.07) is 19.8. The van der Waals surface area contributed by atoms with Gasteiger partial charge in [0.05, 0.1) is 23.1 Å². The van der Waals surface area contributed by atoms with E-state index in [4.69, 9.17) is 10.7 Å². The SMILES string of the molecule is Cc1ccc(Cn2c(N)c(-c3nc4ccccc4n3C)c3nc(C#N)c(C#N)nc32)cc1. The Hall–Kier alpha value is -4.69. The number of fused-ring (bicyclic) bond motifs is 2. The Balaban J connectivity index is 1.83. The van der Waals surface area contributed by atoms with E-state index in [2.05, 4.69) is 9.97 Å². The van der Waals surface area contributed by atoms with Gasteiger partial charge in [0, 0.05) is 7.05 Å². The minimum Gasteiger partial charge on any atom is -0.384 e. The Bertz CT molecular complexity index is 1590. The van der Waals surface area contributed by atoms with Crippen LogP contribution in [0.4, 0.5) is 5.82 Å². The Morgan fingerprint density at radius 3 is 2.31 bits per heavy atom. The average molecular weight is 418 g/mol. The molecular weight excluding hydrogens is 400 g/mol. The number of nitrogens with two attached hydrogens (primary N) is 1. The van der Waals surface area contributed by atoms with Crippen LogP contribution in [-0.2, 0) is 13.6 Å². The van der Waals surface area contributed by atoms with E-state index in [-0.39, 0.29) is 11.4 Å². The first kappa shape index (κ1) is 19.3. The van der Waals surface area contributed by atoms with Crippen LogP contribution < -0.4 is 5.73 Å². The largest absolute Gasteiger partial charge is 0.384 e. The first-order chi connectivity index (χ1) is 15.5. The number of hydrogen-bond acceptors (Lipinski definition) is 6. The maximum Gasteiger partial charge on any atom is 0.179 e. The summed E-state index contributed by atoms with van der Waals surface area (Å²) < 4.78 is 3.77. The van der Waals surface area contributed by atoms with E-state index in [9.17, 15) is 10.5 Å². The van der Waals surface area contributed by atoms with Crippen molar-refractivity contribution >= 4 is 28.0 Å². The predicted octanol–water partition coefficient (Wildman–Crippen LogP) is 3.67. The van der Waals surface area contributed by atoms with E-state index in [1.165, 1.54) is 0 Å². The summed E-state index contributed by atoms with van der Waals surface area (Å²) in [7, 11) is 1.91. The fourth-order valence-corrected chi connectivity index (χ4v) is 3.93. The minimum absolute atomic E-state index is 0.0285. The lowest BCUT2D eigenvalue weighted by molar-refractivity contribution is 0.833. The molecule has 0 atom stereocenters. The second kappa shape index (κ2) is 7.22. The van der Waals surface area contributed by atoms with Crippen molar-refractivity contribution < 1.29 is 0 Å². The molecule has 5 rings (SSSR count). The third kappa shape index (κ3) is 2.86. The van der Waals surface area contributed by atoms with Gasteiger partial charge in [-0.05, 0) is 24.6 Å². The molecule has 0 unspecified atom stereocenters. The molecule has 0 aliphatic carbocycles. The van der Waals surface area contributed by atoms with Gasteiger partial charge in [-0.2, -0.15) is 10.5 Å². The highest BCUT2D eigenvalue weighted by Crippen LogP contribution is 2.36. The molecule has 8 nitrogen and oxygen atoms in total. The summed E-state index contributed by atoms with van der Waals surface area (Å²) in [5.74, 6) is 1.05. The monoisotopic (exact) mass is 418 g/mol. The third-order valence-electron chi connectivity index (χ3n) is 5.60. The number of imidazole rings is 1. The number of rotatable bonds is 3. The van der Waals surface area contributed by atoms with Gasteiger partial charge in [-0.25, -0.2) is 15.0 Å². The fraction of sp³-hybridized carbons (Fsp3) is 0.125. The zero-order chi connectivity index (χ0) is 22.4. The summed E-state index contributed by atoms with van der Waals surface area (Å²) in [5, 5.41) is 19.0. The van der Waals surface area contributed by atoms with Crippen LogP contribution >= 0.6 is 0 Å². The first-order valence-corrected chi connectivity index (χ1v) is 9.99. The smallest absolute Gasteiger partial charge is 0.179 e. The van der Waals surface area contributed by atoms with E-state index in [1.54, 1.807) is 0 Å². The molecule has 2 aromatic carbocycles. The summed E-state index contributed by atoms with van der Waals surface area (Å²) >= 11 is 0. The van der Waals surface area contributed by atoms with E-state index in [0.717, 1.165) is 22.2 Å². The first-order valence-electron chi connectivity index (χ1n) is 9.99. The lowest BCUT2D eigenvalue weighted by Crippen LogP contribution is -2.06. The number of anilines is 1. The predicted molar refractivity (Wildman–Crippen MR) is 121 cm³/mol. The zero-order valence-corrected chi connectivity index (χ0v) is 17.5. The van der Waals surface area contributed by atoms with Crippen LogP contribution in [0.25, 0.3) is 33.6 Å². The number of nitriles is 2. The summed E-state index contributed by atoms with van der Waals surface area (Å²) in [4.78, 5) is 13.7. The summed E-state index contributed by atoms with van der Waals surface area (Å²) in [5.41, 5.74) is 12.0. The molecule has 0 saturated carbocycles. The van der Waals surface area contributed by atoms with Crippen molar-refractivity contribution in [3.63, 3.8) is 0 Å². The number of nitrogens with zero attached hydrogens (tertiary/aromatic N) is 7. The number of aromatic nitrogens is 5. The summed E-state index contributed by atoms with van der Waals surface area (Å²) in [6.07, 6.45) is 0. The molecule has 0 aliphatic rings. The third-order valence-corrected chi connectivity index (χ3v) is 5.60. The van der Waals surface area contributed by atoms with Crippen LogP contribution in [-0.4, -0.2) is 24.1 Å². The second-order valence-corrected chi connectivity index (χ2v) is 7.63. The van der Waals surface area contributed by atoms with E-state index in [1.807, 2.05) is 83.8 Å². The number of hydrogen-bond donors (Lipinski definition) is 1. The lowest BCUT2D eigenvalue weighted by Gasteiger charge is -2.08. The number of benzene rings is 2. The van der Waals surface area contributed by atoms with Crippen LogP contribution in [0.1, 0.15) is 22.5 Å². The zero-order valence-electron chi connectivity index (χ0n) is 17.5. The van der Waals surface area contributed by atoms with Crippen LogP contribution in [0, 0.1) is 29.6 Å². The molecule has 0 amide bonds. The van der Waals surface area contributed by atoms with Gasteiger partial charge in [-0.3, -0.25) is 0 Å². The normalized spacial score (nSPS) is 11.0. The molecule has 0 fully saturated rings. The van der Waals surface area contributed by atoms with Gasteiger partial charge in [0.1, 0.15) is 29.3 Å². The minimum atomic E-state index is -0.0347. The van der Waals surface area contributed by atoms with Crippen molar-refractivity contribution in [1.82, 2.24) is 24.1 Å². The van der Waals surface area contributed by atoms with Crippen LogP contribution in [0.5, 0.6) is 0 Å². The Morgan fingerprint density at radius 2 is 1.62 bits per heavy atom. The van der Waals surface area contributed by atoms with Crippen LogP contribution in [0.15, 0.2) is 48.5 Å². The molecule has 3 aromatic heterocycles. The highest BCUT2D eigenvalue weighted by atomic mass is 15.1. The quantitative estimate of drug-likeness (QED) is 0.477. The van der Waals surface area contributed by atoms with Crippen molar-refractivity contribution in [2.24, 2.45) is 7.05 Å². The number of nitrogen functional groups attached to an aromatic ring is 1. The van der Waals surface area contributed by atoms with E-state index < -0.39 is 0 Å². The molecule has 154 valence electrons. The lowest BCUT2D eigenvalue weighted by atomic mass is 10.1. The molecule has 5 aromatic rings. The standard InChI is InChI=1S/C24H18N8/c1-14-7-9-15(10-8-14)13-32-22(27)20(21-24(32)30-18(12-26)17(11-25)28-21)23-29-16-5-3-4-6-19(16)31(23)2/h3-10H,13,27H2,1-2H3. The topological polar surface area (TPSA) is 122 Å². The Morgan fingerprint density at radius 1 is 0.938 bits per heavy atom. The molecule has 3 heterocycles. The molecule has 2 N–H and O–H groups in total. The fourth-order valence-electron chi connectivity index (χ4n) is 3.93. The van der Waals surface area contributed by atoms with Crippen molar-refractivity contribution in [1.29, 1.82) is 10.5 Å². The molecule has 0 aliphatic heterocycles. The van der Waals surface area contributed by atoms with Crippen LogP contribution in [0.3, 0.4) is 0 Å². The van der Waals surface area contributed by atoms with Gasteiger partial charge in [0.25, 0.3) is 0 Å². The van der Waals surface area contributed by atoms with Crippen molar-refractivity contribution in [2.75, 3.05) is 5.73 Å². The highest BCUT2D eigenvalue weighted by Gasteiger charge is 2.25. The van der Waals surface area contributed by atoms with Gasteiger partial charge >= 0.3 is 0 Å². The summed E-state index contributed by atoms with van der Waals surface area (Å²) in [6.45, 7) is 2.47. The number of para-hydroxylation sites is 2. The van der Waals surface area contributed by atoms with E-state index >= 15 is 0 Å². The molecule has 0 radical (unpaired) electrons. The highest BCUT2D eigenvalue weighted by molar-refractivity contribution is 5.99. The van der Waals surface area contributed by atoms with Crippen molar-refractivity contribution in [3.05, 3.63) is 71.0 Å². The molecule has 0 spiro atoms. The van der Waals surface area contributed by atoms with Gasteiger partial charge in [-0.1, -0.05) is 42.0 Å². The molecule has 0 bridgehead atoms.